The number of halogens is 1. The molecule has 36 heavy (non-hydrogen) atoms. The Morgan fingerprint density at radius 1 is 1.22 bits per heavy atom. The van der Waals surface area contributed by atoms with Crippen LogP contribution >= 0.6 is 11.6 Å². The Morgan fingerprint density at radius 2 is 2.03 bits per heavy atom. The normalized spacial score (nSPS) is 16.8. The highest BCUT2D eigenvalue weighted by atomic mass is 35.5. The van der Waals surface area contributed by atoms with Crippen molar-refractivity contribution in [3.05, 3.63) is 77.2 Å². The number of aromatic nitrogens is 2. The van der Waals surface area contributed by atoms with Gasteiger partial charge in [-0.25, -0.2) is 4.98 Å². The third-order valence-electron chi connectivity index (χ3n) is 6.89. The summed E-state index contributed by atoms with van der Waals surface area (Å²) in [5, 5.41) is 4.08. The maximum absolute atomic E-state index is 13.9. The second-order valence-electron chi connectivity index (χ2n) is 10.0. The van der Waals surface area contributed by atoms with E-state index in [0.717, 1.165) is 49.4 Å². The molecule has 0 spiro atoms. The number of hydrogen-bond acceptors (Lipinski definition) is 4. The van der Waals surface area contributed by atoms with Crippen molar-refractivity contribution in [2.45, 2.75) is 45.7 Å². The van der Waals surface area contributed by atoms with E-state index in [1.807, 2.05) is 30.3 Å². The third-order valence-corrected chi connectivity index (χ3v) is 7.12. The highest BCUT2D eigenvalue weighted by Gasteiger charge is 2.35. The van der Waals surface area contributed by atoms with Crippen LogP contribution in [0.5, 0.6) is 0 Å². The Kier molecular flexibility index (Phi) is 9.19. The van der Waals surface area contributed by atoms with Gasteiger partial charge in [0.15, 0.2) is 0 Å². The van der Waals surface area contributed by atoms with Gasteiger partial charge in [0.05, 0.1) is 17.7 Å². The van der Waals surface area contributed by atoms with Gasteiger partial charge in [0.25, 0.3) is 0 Å². The van der Waals surface area contributed by atoms with E-state index in [0.29, 0.717) is 24.7 Å². The Labute approximate surface area is 219 Å². The summed E-state index contributed by atoms with van der Waals surface area (Å²) in [4.78, 5) is 21.1. The maximum Gasteiger partial charge on any atom is 0.227 e. The standard InChI is InChI=1S/C29H38ClN5O/c1-21(2)27(35(16-8-14-31)29(36)24-12-7-15-32-18-24)28-33-26(23-11-6-13-25(30)17-23)20-34(28)19-22-9-4-3-5-10-22/h3-6,9-11,13,17,20-21,24,27,32H,7-8,12,14-16,18-19,31H2,1-2H3/t24-,27+/m0/s1. The van der Waals surface area contributed by atoms with E-state index in [1.54, 1.807) is 0 Å². The molecule has 1 aliphatic heterocycles. The van der Waals surface area contributed by atoms with Crippen molar-refractivity contribution in [1.82, 2.24) is 19.8 Å². The van der Waals surface area contributed by atoms with Crippen LogP contribution in [0.1, 0.15) is 50.5 Å². The Morgan fingerprint density at radius 3 is 2.69 bits per heavy atom. The molecule has 1 aromatic heterocycles. The van der Waals surface area contributed by atoms with Crippen LogP contribution in [0.25, 0.3) is 11.3 Å². The van der Waals surface area contributed by atoms with Crippen molar-refractivity contribution >= 4 is 17.5 Å². The molecule has 1 amide bonds. The number of piperidine rings is 1. The molecule has 2 atom stereocenters. The predicted molar refractivity (Wildman–Crippen MR) is 147 cm³/mol. The molecule has 0 unspecified atom stereocenters. The Balaban J connectivity index is 1.78. The minimum atomic E-state index is -0.164. The van der Waals surface area contributed by atoms with Gasteiger partial charge in [-0.3, -0.25) is 4.79 Å². The van der Waals surface area contributed by atoms with Gasteiger partial charge in [0.1, 0.15) is 5.82 Å². The van der Waals surface area contributed by atoms with E-state index in [2.05, 4.69) is 59.1 Å². The minimum Gasteiger partial charge on any atom is -0.332 e. The van der Waals surface area contributed by atoms with Crippen LogP contribution in [0, 0.1) is 11.8 Å². The first-order chi connectivity index (χ1) is 17.5. The van der Waals surface area contributed by atoms with E-state index in [-0.39, 0.29) is 23.8 Å². The van der Waals surface area contributed by atoms with Crippen molar-refractivity contribution in [2.24, 2.45) is 17.6 Å². The van der Waals surface area contributed by atoms with E-state index < -0.39 is 0 Å². The molecule has 1 fully saturated rings. The number of benzene rings is 2. The van der Waals surface area contributed by atoms with Gasteiger partial charge in [0.2, 0.25) is 5.91 Å². The molecule has 7 heteroatoms. The highest BCUT2D eigenvalue weighted by Crippen LogP contribution is 2.33. The van der Waals surface area contributed by atoms with Crippen LogP contribution in [-0.4, -0.2) is 46.5 Å². The average molecular weight is 508 g/mol. The third kappa shape index (κ3) is 6.36. The number of imidazole rings is 1. The molecule has 0 bridgehead atoms. The summed E-state index contributed by atoms with van der Waals surface area (Å²) in [6.45, 7) is 7.90. The van der Waals surface area contributed by atoms with Gasteiger partial charge >= 0.3 is 0 Å². The van der Waals surface area contributed by atoms with Crippen molar-refractivity contribution < 1.29 is 4.79 Å². The monoisotopic (exact) mass is 507 g/mol. The maximum atomic E-state index is 13.9. The average Bonchev–Trinajstić information content (AvgIpc) is 3.30. The number of amides is 1. The summed E-state index contributed by atoms with van der Waals surface area (Å²) in [5.41, 5.74) is 8.93. The van der Waals surface area contributed by atoms with Crippen molar-refractivity contribution in [1.29, 1.82) is 0 Å². The van der Waals surface area contributed by atoms with Crippen molar-refractivity contribution in [2.75, 3.05) is 26.2 Å². The van der Waals surface area contributed by atoms with Crippen LogP contribution in [0.15, 0.2) is 60.8 Å². The molecule has 3 aromatic rings. The molecule has 1 saturated heterocycles. The highest BCUT2D eigenvalue weighted by molar-refractivity contribution is 6.30. The fourth-order valence-corrected chi connectivity index (χ4v) is 5.29. The lowest BCUT2D eigenvalue weighted by molar-refractivity contribution is -0.140. The van der Waals surface area contributed by atoms with Gasteiger partial charge < -0.3 is 20.5 Å². The number of hydrogen-bond donors (Lipinski definition) is 2. The first kappa shape index (κ1) is 26.4. The molecule has 6 nitrogen and oxygen atoms in total. The molecule has 4 rings (SSSR count). The second-order valence-corrected chi connectivity index (χ2v) is 10.5. The number of carbonyl (C=O) groups excluding carboxylic acids is 1. The van der Waals surface area contributed by atoms with Crippen molar-refractivity contribution in [3.63, 3.8) is 0 Å². The fraction of sp³-hybridized carbons (Fsp3) is 0.448. The summed E-state index contributed by atoms with van der Waals surface area (Å²) in [7, 11) is 0. The summed E-state index contributed by atoms with van der Waals surface area (Å²) in [5.74, 6) is 1.26. The predicted octanol–water partition coefficient (Wildman–Crippen LogP) is 5.13. The first-order valence-corrected chi connectivity index (χ1v) is 13.4. The van der Waals surface area contributed by atoms with Gasteiger partial charge in [-0.2, -0.15) is 0 Å². The van der Waals surface area contributed by atoms with Crippen LogP contribution < -0.4 is 11.1 Å². The molecular formula is C29H38ClN5O. The second kappa shape index (κ2) is 12.5. The van der Waals surface area contributed by atoms with Gasteiger partial charge in [-0.05, 0) is 56.0 Å². The molecule has 2 aromatic carbocycles. The summed E-state index contributed by atoms with van der Waals surface area (Å²) >= 11 is 6.31. The zero-order valence-electron chi connectivity index (χ0n) is 21.4. The number of carbonyl (C=O) groups is 1. The topological polar surface area (TPSA) is 76.2 Å². The lowest BCUT2D eigenvalue weighted by Crippen LogP contribution is -2.47. The summed E-state index contributed by atoms with van der Waals surface area (Å²) in [6, 6.07) is 18.0. The van der Waals surface area contributed by atoms with Crippen LogP contribution in [0.4, 0.5) is 0 Å². The van der Waals surface area contributed by atoms with E-state index >= 15 is 0 Å². The van der Waals surface area contributed by atoms with Crippen LogP contribution in [0.3, 0.4) is 0 Å². The Hall–Kier alpha value is -2.67. The quantitative estimate of drug-likeness (QED) is 0.399. The van der Waals surface area contributed by atoms with Gasteiger partial charge in [-0.15, -0.1) is 0 Å². The molecule has 0 saturated carbocycles. The number of rotatable bonds is 10. The molecule has 3 N–H and O–H groups in total. The first-order valence-electron chi connectivity index (χ1n) is 13.1. The fourth-order valence-electron chi connectivity index (χ4n) is 5.10. The molecule has 0 aliphatic carbocycles. The van der Waals surface area contributed by atoms with E-state index in [4.69, 9.17) is 22.3 Å². The van der Waals surface area contributed by atoms with Gasteiger partial charge in [0, 0.05) is 36.4 Å². The number of nitrogens with one attached hydrogen (secondary N) is 1. The summed E-state index contributed by atoms with van der Waals surface area (Å²) < 4.78 is 2.21. The lowest BCUT2D eigenvalue weighted by atomic mass is 9.94. The smallest absolute Gasteiger partial charge is 0.227 e. The Bertz CT molecular complexity index is 1120. The lowest BCUT2D eigenvalue weighted by Gasteiger charge is -2.37. The zero-order chi connectivity index (χ0) is 25.5. The molecule has 2 heterocycles. The largest absolute Gasteiger partial charge is 0.332 e. The molecule has 192 valence electrons. The van der Waals surface area contributed by atoms with Crippen LogP contribution in [-0.2, 0) is 11.3 Å². The van der Waals surface area contributed by atoms with Crippen molar-refractivity contribution in [3.8, 4) is 11.3 Å². The summed E-state index contributed by atoms with van der Waals surface area (Å²) in [6.07, 6.45) is 4.80. The number of nitrogens with two attached hydrogens (primary N) is 1. The van der Waals surface area contributed by atoms with Crippen LogP contribution in [0.2, 0.25) is 5.02 Å². The zero-order valence-corrected chi connectivity index (χ0v) is 22.1. The number of nitrogens with zero attached hydrogens (tertiary/aromatic N) is 3. The van der Waals surface area contributed by atoms with E-state index in [1.165, 1.54) is 5.56 Å². The molecular weight excluding hydrogens is 470 g/mol. The molecule has 0 radical (unpaired) electrons. The van der Waals surface area contributed by atoms with Gasteiger partial charge in [-0.1, -0.05) is 67.9 Å². The minimum absolute atomic E-state index is 0.0114. The molecule has 1 aliphatic rings. The van der Waals surface area contributed by atoms with E-state index in [9.17, 15) is 4.79 Å². The SMILES string of the molecule is CC(C)[C@H](c1nc(-c2cccc(Cl)c2)cn1Cc1ccccc1)N(CCCN)C(=O)[C@H]1CCCNC1.